The molecule has 1 aromatic rings. The topological polar surface area (TPSA) is 68.7 Å². The number of rotatable bonds is 1. The molecule has 0 saturated heterocycles. The maximum atomic E-state index is 11.3. The highest BCUT2D eigenvalue weighted by molar-refractivity contribution is 9.10. The first-order valence-corrected chi connectivity index (χ1v) is 5.22. The van der Waals surface area contributed by atoms with Crippen LogP contribution in [0.5, 0.6) is 0 Å². The van der Waals surface area contributed by atoms with Crippen LogP contribution in [0.2, 0.25) is 0 Å². The van der Waals surface area contributed by atoms with Crippen molar-refractivity contribution in [3.8, 4) is 0 Å². The zero-order valence-corrected chi connectivity index (χ0v) is 9.94. The second-order valence-corrected chi connectivity index (χ2v) is 4.02. The summed E-state index contributed by atoms with van der Waals surface area (Å²) in [6.45, 7) is 0.136. The van der Waals surface area contributed by atoms with Gasteiger partial charge in [-0.1, -0.05) is 0 Å². The monoisotopic (exact) mass is 285 g/mol. The van der Waals surface area contributed by atoms with Gasteiger partial charge in [0.05, 0.1) is 12.8 Å². The van der Waals surface area contributed by atoms with E-state index in [0.717, 1.165) is 0 Å². The number of fused-ring (bicyclic) bond motifs is 1. The number of nitrogens with zero attached hydrogens (tertiary/aromatic N) is 1. The molecular weight excluding hydrogens is 278 g/mol. The molecule has 5 nitrogen and oxygen atoms in total. The third-order valence-corrected chi connectivity index (χ3v) is 2.56. The highest BCUT2D eigenvalue weighted by atomic mass is 79.9. The third kappa shape index (κ3) is 1.76. The molecule has 0 radical (unpaired) electrons. The number of pyridine rings is 1. The number of hydrogen-bond donors (Lipinski definition) is 1. The first-order chi connectivity index (χ1) is 7.63. The highest BCUT2D eigenvalue weighted by Crippen LogP contribution is 2.28. The van der Waals surface area contributed by atoms with Crippen LogP contribution >= 0.6 is 15.9 Å². The number of methoxy groups -OCH3 is 1. The van der Waals surface area contributed by atoms with Gasteiger partial charge in [-0.05, 0) is 22.0 Å². The summed E-state index contributed by atoms with van der Waals surface area (Å²) in [5, 5.41) is 9.84. The van der Waals surface area contributed by atoms with E-state index < -0.39 is 5.97 Å². The van der Waals surface area contributed by atoms with Gasteiger partial charge in [0.1, 0.15) is 6.61 Å². The van der Waals surface area contributed by atoms with Crippen LogP contribution in [0.1, 0.15) is 11.3 Å². The average Bonchev–Trinajstić information content (AvgIpc) is 2.29. The lowest BCUT2D eigenvalue weighted by atomic mass is 10.1. The van der Waals surface area contributed by atoms with Crippen molar-refractivity contribution < 1.29 is 19.4 Å². The smallest absolute Gasteiger partial charge is 0.377 e. The number of ether oxygens (including phenoxy) is 2. The Morgan fingerprint density at radius 1 is 1.69 bits per heavy atom. The minimum atomic E-state index is -0.705. The van der Waals surface area contributed by atoms with Crippen LogP contribution in [0.25, 0.3) is 5.76 Å². The summed E-state index contributed by atoms with van der Waals surface area (Å²) < 4.78 is 10.3. The fraction of sp³-hybridized carbons (Fsp3) is 0.200. The summed E-state index contributed by atoms with van der Waals surface area (Å²) in [7, 11) is 1.22. The fourth-order valence-electron chi connectivity index (χ4n) is 1.37. The van der Waals surface area contributed by atoms with E-state index in [4.69, 9.17) is 4.74 Å². The van der Waals surface area contributed by atoms with Gasteiger partial charge in [0.25, 0.3) is 0 Å². The molecule has 0 bridgehead atoms. The van der Waals surface area contributed by atoms with Gasteiger partial charge in [0.15, 0.2) is 5.76 Å². The molecule has 0 fully saturated rings. The van der Waals surface area contributed by atoms with Gasteiger partial charge in [-0.3, -0.25) is 4.98 Å². The van der Waals surface area contributed by atoms with E-state index in [1.165, 1.54) is 7.11 Å². The number of esters is 1. The van der Waals surface area contributed by atoms with Crippen molar-refractivity contribution in [3.05, 3.63) is 33.8 Å². The van der Waals surface area contributed by atoms with Crippen molar-refractivity contribution in [2.75, 3.05) is 7.11 Å². The molecule has 2 rings (SSSR count). The van der Waals surface area contributed by atoms with Crippen LogP contribution in [-0.4, -0.2) is 23.2 Å². The average molecular weight is 286 g/mol. The van der Waals surface area contributed by atoms with Crippen LogP contribution in [0.3, 0.4) is 0 Å². The van der Waals surface area contributed by atoms with Crippen molar-refractivity contribution in [2.24, 2.45) is 0 Å². The lowest BCUT2D eigenvalue weighted by Crippen LogP contribution is -2.16. The van der Waals surface area contributed by atoms with E-state index >= 15 is 0 Å². The second kappa shape index (κ2) is 4.13. The second-order valence-electron chi connectivity index (χ2n) is 3.11. The molecule has 1 N–H and O–H groups in total. The van der Waals surface area contributed by atoms with Crippen molar-refractivity contribution in [1.82, 2.24) is 4.98 Å². The van der Waals surface area contributed by atoms with Gasteiger partial charge in [-0.25, -0.2) is 4.79 Å². The maximum absolute atomic E-state index is 11.3. The maximum Gasteiger partial charge on any atom is 0.377 e. The molecule has 1 aliphatic heterocycles. The van der Waals surface area contributed by atoms with Crippen LogP contribution in [-0.2, 0) is 20.9 Å². The Labute approximate surface area is 99.8 Å². The molecule has 0 atom stereocenters. The van der Waals surface area contributed by atoms with E-state index in [0.29, 0.717) is 15.7 Å². The molecule has 0 spiro atoms. The molecule has 0 saturated carbocycles. The number of aliphatic hydroxyl groups is 1. The highest BCUT2D eigenvalue weighted by Gasteiger charge is 2.26. The number of aliphatic hydroxyl groups excluding tert-OH is 1. The van der Waals surface area contributed by atoms with Crippen LogP contribution in [0, 0.1) is 0 Å². The number of halogens is 1. The van der Waals surface area contributed by atoms with Crippen LogP contribution < -0.4 is 0 Å². The molecule has 0 amide bonds. The normalized spacial score (nSPS) is 14.1. The van der Waals surface area contributed by atoms with Gasteiger partial charge in [-0.2, -0.15) is 0 Å². The van der Waals surface area contributed by atoms with Gasteiger partial charge in [0.2, 0.25) is 5.76 Å². The van der Waals surface area contributed by atoms with Gasteiger partial charge in [-0.15, -0.1) is 0 Å². The summed E-state index contributed by atoms with van der Waals surface area (Å²) in [6, 6.07) is 1.67. The Morgan fingerprint density at radius 2 is 2.44 bits per heavy atom. The number of aromatic nitrogens is 1. The van der Waals surface area contributed by atoms with E-state index in [2.05, 4.69) is 25.7 Å². The molecule has 0 unspecified atom stereocenters. The quantitative estimate of drug-likeness (QED) is 0.797. The SMILES string of the molecule is COC(=O)C1=C(O)c2cc(Br)cnc2CO1. The number of carbonyl (C=O) groups is 1. The van der Waals surface area contributed by atoms with Crippen molar-refractivity contribution >= 4 is 27.7 Å². The predicted molar refractivity (Wildman–Crippen MR) is 58.3 cm³/mol. The van der Waals surface area contributed by atoms with Crippen LogP contribution in [0.15, 0.2) is 22.5 Å². The summed E-state index contributed by atoms with van der Waals surface area (Å²) in [5.74, 6) is -1.14. The predicted octanol–water partition coefficient (Wildman–Crippen LogP) is 1.77. The van der Waals surface area contributed by atoms with E-state index in [9.17, 15) is 9.90 Å². The summed E-state index contributed by atoms with van der Waals surface area (Å²) >= 11 is 3.24. The minimum absolute atomic E-state index is 0.136. The first-order valence-electron chi connectivity index (χ1n) is 4.42. The molecule has 2 heterocycles. The summed E-state index contributed by atoms with van der Waals surface area (Å²) in [6.07, 6.45) is 1.60. The summed E-state index contributed by atoms with van der Waals surface area (Å²) in [4.78, 5) is 15.3. The number of carbonyl (C=O) groups excluding carboxylic acids is 1. The Kier molecular flexibility index (Phi) is 2.82. The standard InChI is InChI=1S/C10H8BrNO4/c1-15-10(14)9-8(13)6-2-5(11)3-12-7(6)4-16-9/h2-3,13H,4H2,1H3. The van der Waals surface area contributed by atoms with Gasteiger partial charge < -0.3 is 14.6 Å². The number of hydrogen-bond acceptors (Lipinski definition) is 5. The minimum Gasteiger partial charge on any atom is -0.504 e. The fourth-order valence-corrected chi connectivity index (χ4v) is 1.70. The largest absolute Gasteiger partial charge is 0.504 e. The van der Waals surface area contributed by atoms with Gasteiger partial charge >= 0.3 is 5.97 Å². The van der Waals surface area contributed by atoms with Crippen LogP contribution in [0.4, 0.5) is 0 Å². The molecule has 0 aliphatic carbocycles. The van der Waals surface area contributed by atoms with E-state index in [1.54, 1.807) is 12.3 Å². The lowest BCUT2D eigenvalue weighted by Gasteiger charge is -2.18. The molecule has 6 heteroatoms. The van der Waals surface area contributed by atoms with Crippen molar-refractivity contribution in [3.63, 3.8) is 0 Å². The first kappa shape index (κ1) is 10.9. The van der Waals surface area contributed by atoms with Crippen molar-refractivity contribution in [1.29, 1.82) is 0 Å². The van der Waals surface area contributed by atoms with E-state index in [-0.39, 0.29) is 18.1 Å². The Bertz CT molecular complexity index is 484. The molecule has 1 aliphatic rings. The Balaban J connectivity index is 2.52. The lowest BCUT2D eigenvalue weighted by molar-refractivity contribution is -0.140. The molecule has 0 aromatic carbocycles. The third-order valence-electron chi connectivity index (χ3n) is 2.13. The molecule has 84 valence electrons. The Hall–Kier alpha value is -1.56. The van der Waals surface area contributed by atoms with E-state index in [1.807, 2.05) is 0 Å². The molecule has 16 heavy (non-hydrogen) atoms. The van der Waals surface area contributed by atoms with Crippen molar-refractivity contribution in [2.45, 2.75) is 6.61 Å². The molecular formula is C10H8BrNO4. The zero-order valence-electron chi connectivity index (χ0n) is 8.36. The molecule has 1 aromatic heterocycles. The Morgan fingerprint density at radius 3 is 3.12 bits per heavy atom. The van der Waals surface area contributed by atoms with Gasteiger partial charge in [0, 0.05) is 16.2 Å². The zero-order chi connectivity index (χ0) is 11.7. The summed E-state index contributed by atoms with van der Waals surface area (Å²) in [5.41, 5.74) is 1.05.